The van der Waals surface area contributed by atoms with Gasteiger partial charge in [0.25, 0.3) is 0 Å². The van der Waals surface area contributed by atoms with Crippen molar-refractivity contribution >= 4 is 12.0 Å². The summed E-state index contributed by atoms with van der Waals surface area (Å²) in [5, 5.41) is 12.4. The minimum absolute atomic E-state index is 0.168. The summed E-state index contributed by atoms with van der Waals surface area (Å²) in [6.07, 6.45) is 4.83. The van der Waals surface area contributed by atoms with Crippen molar-refractivity contribution in [2.45, 2.75) is 56.7 Å². The van der Waals surface area contributed by atoms with E-state index >= 15 is 0 Å². The van der Waals surface area contributed by atoms with Crippen LogP contribution in [0.25, 0.3) is 0 Å². The van der Waals surface area contributed by atoms with E-state index in [4.69, 9.17) is 0 Å². The molecule has 20 heavy (non-hydrogen) atoms. The molecule has 2 N–H and O–H groups in total. The molecule has 3 rings (SSSR count). The molecule has 0 spiro atoms. The highest BCUT2D eigenvalue weighted by molar-refractivity contribution is 5.86. The van der Waals surface area contributed by atoms with Gasteiger partial charge < -0.3 is 15.3 Å². The molecule has 1 aliphatic carbocycles. The van der Waals surface area contributed by atoms with Gasteiger partial charge in [0.05, 0.1) is 0 Å². The van der Waals surface area contributed by atoms with Crippen molar-refractivity contribution < 1.29 is 14.7 Å². The number of likely N-dealkylation sites (tertiary alicyclic amines) is 2. The molecule has 2 atom stereocenters. The van der Waals surface area contributed by atoms with Gasteiger partial charge in [0, 0.05) is 31.7 Å². The fourth-order valence-electron chi connectivity index (χ4n) is 3.44. The molecule has 2 saturated heterocycles. The second kappa shape index (κ2) is 4.91. The molecule has 112 valence electrons. The molecule has 2 heterocycles. The Balaban J connectivity index is 1.57. The number of urea groups is 1. The van der Waals surface area contributed by atoms with E-state index in [-0.39, 0.29) is 12.1 Å². The van der Waals surface area contributed by atoms with E-state index in [0.29, 0.717) is 13.0 Å². The third-order valence-electron chi connectivity index (χ3n) is 4.96. The average molecular weight is 281 g/mol. The van der Waals surface area contributed by atoms with Gasteiger partial charge in [0.15, 0.2) is 0 Å². The van der Waals surface area contributed by atoms with Crippen LogP contribution >= 0.6 is 0 Å². The van der Waals surface area contributed by atoms with Crippen LogP contribution in [0.3, 0.4) is 0 Å². The van der Waals surface area contributed by atoms with E-state index < -0.39 is 11.5 Å². The molecule has 0 aromatic rings. The maximum absolute atomic E-state index is 12.3. The van der Waals surface area contributed by atoms with Gasteiger partial charge in [-0.2, -0.15) is 0 Å². The van der Waals surface area contributed by atoms with Crippen molar-refractivity contribution in [2.75, 3.05) is 19.6 Å². The number of rotatable bonds is 3. The van der Waals surface area contributed by atoms with E-state index in [1.54, 1.807) is 6.92 Å². The second-order valence-electron chi connectivity index (χ2n) is 6.50. The molecule has 3 fully saturated rings. The van der Waals surface area contributed by atoms with Crippen LogP contribution in [0.2, 0.25) is 0 Å². The summed E-state index contributed by atoms with van der Waals surface area (Å²) < 4.78 is 0. The SMILES string of the molecule is CC1(C(=O)O)CCCN1C(=O)NC1CCN(C2CC2)C1. The minimum atomic E-state index is -1.04. The third kappa shape index (κ3) is 2.37. The van der Waals surface area contributed by atoms with Gasteiger partial charge >= 0.3 is 12.0 Å². The minimum Gasteiger partial charge on any atom is -0.480 e. The Hall–Kier alpha value is -1.30. The highest BCUT2D eigenvalue weighted by Crippen LogP contribution is 2.31. The molecule has 0 bridgehead atoms. The van der Waals surface area contributed by atoms with Gasteiger partial charge in [0.1, 0.15) is 5.54 Å². The van der Waals surface area contributed by atoms with Crippen LogP contribution in [-0.4, -0.2) is 64.2 Å². The van der Waals surface area contributed by atoms with Crippen LogP contribution in [0, 0.1) is 0 Å². The molecule has 2 unspecified atom stereocenters. The van der Waals surface area contributed by atoms with Crippen molar-refractivity contribution in [2.24, 2.45) is 0 Å². The summed E-state index contributed by atoms with van der Waals surface area (Å²) in [5.41, 5.74) is -1.04. The first kappa shape index (κ1) is 13.7. The van der Waals surface area contributed by atoms with Crippen LogP contribution in [0.1, 0.15) is 39.0 Å². The summed E-state index contributed by atoms with van der Waals surface area (Å²) in [4.78, 5) is 27.7. The van der Waals surface area contributed by atoms with Crippen LogP contribution < -0.4 is 5.32 Å². The zero-order valence-corrected chi connectivity index (χ0v) is 12.0. The van der Waals surface area contributed by atoms with Gasteiger partial charge in [-0.25, -0.2) is 9.59 Å². The molecule has 6 heteroatoms. The van der Waals surface area contributed by atoms with Crippen LogP contribution in [0.5, 0.6) is 0 Å². The first-order chi connectivity index (χ1) is 9.50. The molecule has 6 nitrogen and oxygen atoms in total. The van der Waals surface area contributed by atoms with E-state index in [1.165, 1.54) is 17.7 Å². The average Bonchev–Trinajstić information content (AvgIpc) is 3.01. The second-order valence-corrected chi connectivity index (χ2v) is 6.50. The monoisotopic (exact) mass is 281 g/mol. The maximum atomic E-state index is 12.3. The maximum Gasteiger partial charge on any atom is 0.329 e. The lowest BCUT2D eigenvalue weighted by Gasteiger charge is -2.32. The smallest absolute Gasteiger partial charge is 0.329 e. The molecule has 2 aliphatic heterocycles. The Morgan fingerprint density at radius 1 is 1.25 bits per heavy atom. The molecule has 1 saturated carbocycles. The molecule has 0 aromatic heterocycles. The zero-order valence-electron chi connectivity index (χ0n) is 12.0. The summed E-state index contributed by atoms with van der Waals surface area (Å²) in [5.74, 6) is -0.906. The standard InChI is InChI=1S/C14H23N3O3/c1-14(12(18)19)6-2-7-17(14)13(20)15-10-5-8-16(9-10)11-3-4-11/h10-11H,2-9H2,1H3,(H,15,20)(H,18,19). The van der Waals surface area contributed by atoms with E-state index in [0.717, 1.165) is 32.0 Å². The van der Waals surface area contributed by atoms with Crippen molar-refractivity contribution in [3.05, 3.63) is 0 Å². The predicted molar refractivity (Wildman–Crippen MR) is 73.5 cm³/mol. The molecule has 2 amide bonds. The first-order valence-corrected chi connectivity index (χ1v) is 7.56. The Morgan fingerprint density at radius 2 is 2.00 bits per heavy atom. The van der Waals surface area contributed by atoms with Gasteiger partial charge in [-0.3, -0.25) is 4.90 Å². The van der Waals surface area contributed by atoms with Gasteiger partial charge in [-0.15, -0.1) is 0 Å². The number of hydrogen-bond acceptors (Lipinski definition) is 3. The first-order valence-electron chi connectivity index (χ1n) is 7.56. The largest absolute Gasteiger partial charge is 0.480 e. The lowest BCUT2D eigenvalue weighted by Crippen LogP contribution is -2.56. The number of carbonyl (C=O) groups excluding carboxylic acids is 1. The third-order valence-corrected chi connectivity index (χ3v) is 4.96. The van der Waals surface area contributed by atoms with Crippen LogP contribution in [-0.2, 0) is 4.79 Å². The van der Waals surface area contributed by atoms with Crippen molar-refractivity contribution in [1.82, 2.24) is 15.1 Å². The fraction of sp³-hybridized carbons (Fsp3) is 0.857. The molecule has 3 aliphatic rings. The Kier molecular flexibility index (Phi) is 3.36. The summed E-state index contributed by atoms with van der Waals surface area (Å²) in [7, 11) is 0. The zero-order chi connectivity index (χ0) is 14.3. The van der Waals surface area contributed by atoms with Gasteiger partial charge in [-0.05, 0) is 39.0 Å². The fourth-order valence-corrected chi connectivity index (χ4v) is 3.44. The Morgan fingerprint density at radius 3 is 2.65 bits per heavy atom. The molecular formula is C14H23N3O3. The van der Waals surface area contributed by atoms with E-state index in [2.05, 4.69) is 10.2 Å². The van der Waals surface area contributed by atoms with E-state index in [1.807, 2.05) is 0 Å². The Labute approximate surface area is 119 Å². The predicted octanol–water partition coefficient (Wildman–Crippen LogP) is 0.872. The number of carboxylic acid groups (broad SMARTS) is 1. The topological polar surface area (TPSA) is 72.9 Å². The quantitative estimate of drug-likeness (QED) is 0.805. The summed E-state index contributed by atoms with van der Waals surface area (Å²) in [6, 6.07) is 0.685. The van der Waals surface area contributed by atoms with Crippen molar-refractivity contribution in [3.63, 3.8) is 0 Å². The van der Waals surface area contributed by atoms with Crippen LogP contribution in [0.15, 0.2) is 0 Å². The summed E-state index contributed by atoms with van der Waals surface area (Å²) in [6.45, 7) is 4.14. The van der Waals surface area contributed by atoms with Crippen LogP contribution in [0.4, 0.5) is 4.79 Å². The number of nitrogens with zero attached hydrogens (tertiary/aromatic N) is 2. The Bertz CT molecular complexity index is 424. The number of nitrogens with one attached hydrogen (secondary N) is 1. The number of hydrogen-bond donors (Lipinski definition) is 2. The molecular weight excluding hydrogens is 258 g/mol. The lowest BCUT2D eigenvalue weighted by atomic mass is 10.00. The lowest BCUT2D eigenvalue weighted by molar-refractivity contribution is -0.147. The molecule has 0 aromatic carbocycles. The number of amides is 2. The van der Waals surface area contributed by atoms with E-state index in [9.17, 15) is 14.7 Å². The summed E-state index contributed by atoms with van der Waals surface area (Å²) >= 11 is 0. The normalized spacial score (nSPS) is 34.5. The highest BCUT2D eigenvalue weighted by atomic mass is 16.4. The van der Waals surface area contributed by atoms with Gasteiger partial charge in [0.2, 0.25) is 0 Å². The van der Waals surface area contributed by atoms with Crippen molar-refractivity contribution in [3.8, 4) is 0 Å². The van der Waals surface area contributed by atoms with Gasteiger partial charge in [-0.1, -0.05) is 0 Å². The van der Waals surface area contributed by atoms with Crippen molar-refractivity contribution in [1.29, 1.82) is 0 Å². The number of carbonyl (C=O) groups is 2. The number of carboxylic acids is 1. The molecule has 0 radical (unpaired) electrons. The number of aliphatic carboxylic acids is 1. The highest BCUT2D eigenvalue weighted by Gasteiger charge is 2.46.